The molecule has 1 rings (SSSR count). The molecule has 0 saturated heterocycles. The molecule has 0 heterocycles. The largest absolute Gasteiger partial charge is 0.466 e. The van der Waals surface area contributed by atoms with Gasteiger partial charge in [-0.15, -0.1) is 0 Å². The first-order chi connectivity index (χ1) is 7.52. The van der Waals surface area contributed by atoms with Gasteiger partial charge in [0.15, 0.2) is 0 Å². The second kappa shape index (κ2) is 5.70. The van der Waals surface area contributed by atoms with Crippen LogP contribution < -0.4 is 5.32 Å². The number of carbonyl (C=O) groups is 1. The lowest BCUT2D eigenvalue weighted by Crippen LogP contribution is -2.02. The Bertz CT molecular complexity index is 427. The van der Waals surface area contributed by atoms with Crippen molar-refractivity contribution in [3.63, 3.8) is 0 Å². The molecule has 0 aromatic heterocycles. The van der Waals surface area contributed by atoms with Crippen LogP contribution in [0.3, 0.4) is 0 Å². The Morgan fingerprint density at radius 3 is 2.75 bits per heavy atom. The second-order valence-electron chi connectivity index (χ2n) is 3.46. The summed E-state index contributed by atoms with van der Waals surface area (Å²) in [6.07, 6.45) is 1.41. The van der Waals surface area contributed by atoms with E-state index in [1.165, 1.54) is 18.7 Å². The molecule has 1 aromatic rings. The standard InChI is InChI=1S/C12H14BrNO2/c1-8-4-5-11(10(13)6-8)14-9(2)7-12(15)16-3/h4-7,14H,1-3H3/b9-7-. The molecule has 0 saturated carbocycles. The summed E-state index contributed by atoms with van der Waals surface area (Å²) in [5.41, 5.74) is 2.83. The first-order valence-electron chi connectivity index (χ1n) is 4.82. The van der Waals surface area contributed by atoms with E-state index in [1.54, 1.807) is 0 Å². The smallest absolute Gasteiger partial charge is 0.332 e. The minimum Gasteiger partial charge on any atom is -0.466 e. The molecule has 0 amide bonds. The van der Waals surface area contributed by atoms with E-state index in [0.717, 1.165) is 15.9 Å². The fourth-order valence-electron chi connectivity index (χ4n) is 1.21. The lowest BCUT2D eigenvalue weighted by Gasteiger charge is -2.09. The highest BCUT2D eigenvalue weighted by Crippen LogP contribution is 2.24. The highest BCUT2D eigenvalue weighted by atomic mass is 79.9. The van der Waals surface area contributed by atoms with Gasteiger partial charge in [-0.1, -0.05) is 6.07 Å². The normalized spacial score (nSPS) is 11.1. The Morgan fingerprint density at radius 2 is 2.19 bits per heavy atom. The van der Waals surface area contributed by atoms with Crippen LogP contribution in [-0.2, 0) is 9.53 Å². The lowest BCUT2D eigenvalue weighted by atomic mass is 10.2. The third kappa shape index (κ3) is 3.70. The van der Waals surface area contributed by atoms with Gasteiger partial charge in [0, 0.05) is 16.2 Å². The molecular formula is C12H14BrNO2. The number of benzene rings is 1. The summed E-state index contributed by atoms with van der Waals surface area (Å²) < 4.78 is 5.50. The van der Waals surface area contributed by atoms with E-state index in [0.29, 0.717) is 0 Å². The van der Waals surface area contributed by atoms with Crippen molar-refractivity contribution in [3.05, 3.63) is 40.0 Å². The molecular weight excluding hydrogens is 270 g/mol. The van der Waals surface area contributed by atoms with Crippen molar-refractivity contribution in [2.45, 2.75) is 13.8 Å². The number of hydrogen-bond donors (Lipinski definition) is 1. The van der Waals surface area contributed by atoms with Gasteiger partial charge in [0.1, 0.15) is 0 Å². The molecule has 1 aromatic carbocycles. The lowest BCUT2D eigenvalue weighted by molar-refractivity contribution is -0.134. The number of methoxy groups -OCH3 is 1. The maximum absolute atomic E-state index is 11.0. The molecule has 0 spiro atoms. The van der Waals surface area contributed by atoms with E-state index >= 15 is 0 Å². The summed E-state index contributed by atoms with van der Waals surface area (Å²) in [5, 5.41) is 3.12. The number of aryl methyl sites for hydroxylation is 1. The molecule has 1 N–H and O–H groups in total. The minimum absolute atomic E-state index is 0.367. The van der Waals surface area contributed by atoms with Gasteiger partial charge in [0.05, 0.1) is 12.8 Å². The van der Waals surface area contributed by atoms with Crippen LogP contribution in [0.25, 0.3) is 0 Å². The third-order valence-corrected chi connectivity index (χ3v) is 2.65. The number of rotatable bonds is 3. The van der Waals surface area contributed by atoms with Gasteiger partial charge < -0.3 is 10.1 Å². The summed E-state index contributed by atoms with van der Waals surface area (Å²) in [4.78, 5) is 11.0. The molecule has 0 radical (unpaired) electrons. The van der Waals surface area contributed by atoms with Gasteiger partial charge in [-0.3, -0.25) is 0 Å². The summed E-state index contributed by atoms with van der Waals surface area (Å²) in [7, 11) is 1.36. The molecule has 16 heavy (non-hydrogen) atoms. The Morgan fingerprint density at radius 1 is 1.50 bits per heavy atom. The van der Waals surface area contributed by atoms with Crippen molar-refractivity contribution in [1.82, 2.24) is 0 Å². The van der Waals surface area contributed by atoms with Crippen molar-refractivity contribution in [2.75, 3.05) is 12.4 Å². The summed E-state index contributed by atoms with van der Waals surface area (Å²) in [6.45, 7) is 3.83. The molecule has 0 unspecified atom stereocenters. The number of allylic oxidation sites excluding steroid dienone is 1. The van der Waals surface area contributed by atoms with Gasteiger partial charge in [-0.2, -0.15) is 0 Å². The zero-order valence-electron chi connectivity index (χ0n) is 9.50. The fourth-order valence-corrected chi connectivity index (χ4v) is 1.80. The molecule has 0 aliphatic carbocycles. The predicted molar refractivity (Wildman–Crippen MR) is 68.3 cm³/mol. The SMILES string of the molecule is COC(=O)/C=C(/C)Nc1ccc(C)cc1Br. The van der Waals surface area contributed by atoms with Crippen LogP contribution in [0, 0.1) is 6.92 Å². The van der Waals surface area contributed by atoms with E-state index in [4.69, 9.17) is 0 Å². The number of hydrogen-bond acceptors (Lipinski definition) is 3. The Kier molecular flexibility index (Phi) is 4.55. The first kappa shape index (κ1) is 12.8. The van der Waals surface area contributed by atoms with Gasteiger partial charge in [-0.25, -0.2) is 4.79 Å². The van der Waals surface area contributed by atoms with Gasteiger partial charge in [0.25, 0.3) is 0 Å². The van der Waals surface area contributed by atoms with E-state index in [2.05, 4.69) is 26.0 Å². The molecule has 0 aliphatic heterocycles. The Balaban J connectivity index is 2.81. The maximum Gasteiger partial charge on any atom is 0.332 e. The average molecular weight is 284 g/mol. The van der Waals surface area contributed by atoms with Crippen LogP contribution in [0.2, 0.25) is 0 Å². The van der Waals surface area contributed by atoms with Crippen molar-refractivity contribution < 1.29 is 9.53 Å². The van der Waals surface area contributed by atoms with Gasteiger partial charge in [0.2, 0.25) is 0 Å². The number of carbonyl (C=O) groups excluding carboxylic acids is 1. The molecule has 0 fully saturated rings. The van der Waals surface area contributed by atoms with Crippen molar-refractivity contribution in [1.29, 1.82) is 0 Å². The number of nitrogens with one attached hydrogen (secondary N) is 1. The minimum atomic E-state index is -0.367. The summed E-state index contributed by atoms with van der Waals surface area (Å²) in [5.74, 6) is -0.367. The zero-order valence-corrected chi connectivity index (χ0v) is 11.1. The predicted octanol–water partition coefficient (Wildman–Crippen LogP) is 3.25. The van der Waals surface area contributed by atoms with Crippen molar-refractivity contribution in [2.24, 2.45) is 0 Å². The number of esters is 1. The molecule has 4 heteroatoms. The fraction of sp³-hybridized carbons (Fsp3) is 0.250. The van der Waals surface area contributed by atoms with E-state index in [9.17, 15) is 4.79 Å². The number of halogens is 1. The Hall–Kier alpha value is -1.29. The monoisotopic (exact) mass is 283 g/mol. The van der Waals surface area contributed by atoms with Crippen LogP contribution in [0.1, 0.15) is 12.5 Å². The average Bonchev–Trinajstić information content (AvgIpc) is 2.22. The number of ether oxygens (including phenoxy) is 1. The van der Waals surface area contributed by atoms with E-state index in [-0.39, 0.29) is 5.97 Å². The molecule has 0 aliphatic rings. The van der Waals surface area contributed by atoms with Crippen molar-refractivity contribution in [3.8, 4) is 0 Å². The quantitative estimate of drug-likeness (QED) is 0.684. The van der Waals surface area contributed by atoms with Gasteiger partial charge in [-0.05, 0) is 47.5 Å². The Labute approximate surface area is 104 Å². The molecule has 3 nitrogen and oxygen atoms in total. The third-order valence-electron chi connectivity index (χ3n) is 1.99. The first-order valence-corrected chi connectivity index (χ1v) is 5.61. The van der Waals surface area contributed by atoms with Crippen LogP contribution in [0.15, 0.2) is 34.4 Å². The summed E-state index contributed by atoms with van der Waals surface area (Å²) in [6, 6.07) is 5.96. The van der Waals surface area contributed by atoms with Crippen LogP contribution in [-0.4, -0.2) is 13.1 Å². The maximum atomic E-state index is 11.0. The molecule has 86 valence electrons. The van der Waals surface area contributed by atoms with Crippen LogP contribution in [0.5, 0.6) is 0 Å². The second-order valence-corrected chi connectivity index (χ2v) is 4.31. The number of anilines is 1. The highest BCUT2D eigenvalue weighted by molar-refractivity contribution is 9.10. The van der Waals surface area contributed by atoms with Crippen molar-refractivity contribution >= 4 is 27.6 Å². The van der Waals surface area contributed by atoms with Gasteiger partial charge >= 0.3 is 5.97 Å². The molecule has 0 bridgehead atoms. The van der Waals surface area contributed by atoms with E-state index < -0.39 is 0 Å². The zero-order chi connectivity index (χ0) is 12.1. The highest BCUT2D eigenvalue weighted by Gasteiger charge is 2.01. The summed E-state index contributed by atoms with van der Waals surface area (Å²) >= 11 is 3.45. The topological polar surface area (TPSA) is 38.3 Å². The van der Waals surface area contributed by atoms with Crippen LogP contribution in [0.4, 0.5) is 5.69 Å². The van der Waals surface area contributed by atoms with Crippen LogP contribution >= 0.6 is 15.9 Å². The molecule has 0 atom stereocenters. The van der Waals surface area contributed by atoms with E-state index in [1.807, 2.05) is 32.0 Å².